The largest absolute Gasteiger partial charge is 0.476 e. The lowest BCUT2D eigenvalue weighted by molar-refractivity contribution is -0.136. The molecule has 1 aromatic carbocycles. The third kappa shape index (κ3) is 3.37. The highest BCUT2D eigenvalue weighted by Crippen LogP contribution is 2.37. The molecule has 4 rings (SSSR count). The number of alkyl halides is 3. The lowest BCUT2D eigenvalue weighted by Crippen LogP contribution is -2.08. The molecule has 2 aromatic heterocycles. The Kier molecular flexibility index (Phi) is 4.21. The van der Waals surface area contributed by atoms with Crippen LogP contribution >= 0.6 is 0 Å². The van der Waals surface area contributed by atoms with Crippen molar-refractivity contribution in [1.29, 1.82) is 0 Å². The van der Waals surface area contributed by atoms with E-state index in [0.29, 0.717) is 5.92 Å². The normalized spacial score (nSPS) is 14.9. The lowest BCUT2D eigenvalue weighted by Gasteiger charge is -2.12. The predicted molar refractivity (Wildman–Crippen MR) is 94.3 cm³/mol. The zero-order valence-corrected chi connectivity index (χ0v) is 14.4. The molecule has 0 saturated heterocycles. The van der Waals surface area contributed by atoms with Gasteiger partial charge in [-0.1, -0.05) is 18.2 Å². The number of nitrogens with zero attached hydrogens (tertiary/aromatic N) is 2. The number of allylic oxidation sites excluding steroid dienone is 1. The Morgan fingerprint density at radius 2 is 1.96 bits per heavy atom. The molecular formula is C20H14F4N2O2. The van der Waals surface area contributed by atoms with E-state index in [2.05, 4.69) is 4.98 Å². The van der Waals surface area contributed by atoms with E-state index >= 15 is 0 Å². The van der Waals surface area contributed by atoms with Gasteiger partial charge in [-0.15, -0.1) is 0 Å². The fourth-order valence-corrected chi connectivity index (χ4v) is 3.03. The van der Waals surface area contributed by atoms with Crippen LogP contribution in [-0.2, 0) is 6.18 Å². The molecule has 0 amide bonds. The van der Waals surface area contributed by atoms with Crippen molar-refractivity contribution in [2.75, 3.05) is 0 Å². The number of rotatable bonds is 4. The number of fused-ring (bicyclic) bond motifs is 1. The fourth-order valence-electron chi connectivity index (χ4n) is 3.03. The van der Waals surface area contributed by atoms with Crippen molar-refractivity contribution in [2.24, 2.45) is 5.92 Å². The van der Waals surface area contributed by atoms with E-state index in [-0.39, 0.29) is 16.8 Å². The minimum atomic E-state index is -4.76. The van der Waals surface area contributed by atoms with Crippen molar-refractivity contribution in [2.45, 2.75) is 19.0 Å². The average molecular weight is 390 g/mol. The Balaban J connectivity index is 2.02. The molecule has 4 nitrogen and oxygen atoms in total. The van der Waals surface area contributed by atoms with Crippen LogP contribution in [0.25, 0.3) is 22.9 Å². The number of imidazole rings is 1. The lowest BCUT2D eigenvalue weighted by atomic mass is 10.1. The molecule has 0 atom stereocenters. The first kappa shape index (κ1) is 18.2. The number of aromatic carboxylic acids is 1. The fraction of sp³-hybridized carbons (Fsp3) is 0.200. The number of carboxylic acids is 1. The number of carbonyl (C=O) groups is 1. The van der Waals surface area contributed by atoms with E-state index < -0.39 is 34.9 Å². The first-order chi connectivity index (χ1) is 13.2. The standard InChI is InChI=1S/C20H14F4N2O2/c21-14-3-1-2-12(8-14)13-9-15(20(22,23)24)18-25-17(19(27)28)16(26(18)10-13)7-6-11-4-5-11/h1-3,6-11H,4-5H2,(H,27,28)/b7-6+. The molecule has 0 bridgehead atoms. The number of carboxylic acid groups (broad SMARTS) is 1. The zero-order valence-electron chi connectivity index (χ0n) is 14.4. The number of hydrogen-bond acceptors (Lipinski definition) is 2. The van der Waals surface area contributed by atoms with Crippen molar-refractivity contribution in [3.05, 3.63) is 65.4 Å². The molecule has 0 aliphatic heterocycles. The topological polar surface area (TPSA) is 54.6 Å². The zero-order chi connectivity index (χ0) is 20.1. The van der Waals surface area contributed by atoms with Crippen LogP contribution in [0.4, 0.5) is 17.6 Å². The summed E-state index contributed by atoms with van der Waals surface area (Å²) >= 11 is 0. The van der Waals surface area contributed by atoms with Crippen LogP contribution in [0, 0.1) is 11.7 Å². The molecule has 2 heterocycles. The van der Waals surface area contributed by atoms with Gasteiger partial charge in [0.25, 0.3) is 0 Å². The van der Waals surface area contributed by atoms with E-state index in [1.165, 1.54) is 30.5 Å². The van der Waals surface area contributed by atoms with Crippen LogP contribution < -0.4 is 0 Å². The maximum Gasteiger partial charge on any atom is 0.420 e. The second-order valence-electron chi connectivity index (χ2n) is 6.69. The van der Waals surface area contributed by atoms with Gasteiger partial charge in [0.1, 0.15) is 5.82 Å². The molecule has 1 aliphatic carbocycles. The van der Waals surface area contributed by atoms with Crippen LogP contribution in [0.5, 0.6) is 0 Å². The van der Waals surface area contributed by atoms with Gasteiger partial charge < -0.3 is 5.11 Å². The maximum absolute atomic E-state index is 13.7. The SMILES string of the molecule is O=C(O)c1nc2c(C(F)(F)F)cc(-c3cccc(F)c3)cn2c1/C=C/C1CC1. The molecule has 1 aliphatic rings. The Morgan fingerprint density at radius 1 is 1.21 bits per heavy atom. The first-order valence-electron chi connectivity index (χ1n) is 8.55. The Labute approximate surface area is 156 Å². The third-order valence-electron chi connectivity index (χ3n) is 4.57. The molecule has 1 saturated carbocycles. The molecule has 0 radical (unpaired) electrons. The second-order valence-corrected chi connectivity index (χ2v) is 6.69. The highest BCUT2D eigenvalue weighted by atomic mass is 19.4. The minimum Gasteiger partial charge on any atom is -0.476 e. The predicted octanol–water partition coefficient (Wildman–Crippen LogP) is 5.28. The second kappa shape index (κ2) is 6.47. The molecule has 1 N–H and O–H groups in total. The van der Waals surface area contributed by atoms with Gasteiger partial charge in [-0.05, 0) is 54.2 Å². The summed E-state index contributed by atoms with van der Waals surface area (Å²) in [5.74, 6) is -1.71. The smallest absolute Gasteiger partial charge is 0.420 e. The molecule has 1 fully saturated rings. The Bertz CT molecular complexity index is 1110. The summed E-state index contributed by atoms with van der Waals surface area (Å²) in [5, 5.41) is 9.42. The maximum atomic E-state index is 13.7. The van der Waals surface area contributed by atoms with Crippen LogP contribution in [0.3, 0.4) is 0 Å². The van der Waals surface area contributed by atoms with Gasteiger partial charge in [0.05, 0.1) is 11.3 Å². The highest BCUT2D eigenvalue weighted by Gasteiger charge is 2.36. The van der Waals surface area contributed by atoms with Crippen molar-refractivity contribution in [3.63, 3.8) is 0 Å². The van der Waals surface area contributed by atoms with E-state index in [4.69, 9.17) is 0 Å². The minimum absolute atomic E-state index is 0.0538. The van der Waals surface area contributed by atoms with E-state index in [1.807, 2.05) is 0 Å². The summed E-state index contributed by atoms with van der Waals surface area (Å²) in [4.78, 5) is 15.3. The van der Waals surface area contributed by atoms with Crippen LogP contribution in [-0.4, -0.2) is 20.5 Å². The monoisotopic (exact) mass is 390 g/mol. The van der Waals surface area contributed by atoms with Crippen molar-refractivity contribution >= 4 is 17.7 Å². The van der Waals surface area contributed by atoms with Crippen molar-refractivity contribution in [1.82, 2.24) is 9.38 Å². The Morgan fingerprint density at radius 3 is 2.57 bits per heavy atom. The summed E-state index contributed by atoms with van der Waals surface area (Å²) in [5.41, 5.74) is -1.63. The number of hydrogen-bond donors (Lipinski definition) is 1. The summed E-state index contributed by atoms with van der Waals surface area (Å²) < 4.78 is 55.7. The molecule has 28 heavy (non-hydrogen) atoms. The van der Waals surface area contributed by atoms with Crippen molar-refractivity contribution < 1.29 is 27.5 Å². The van der Waals surface area contributed by atoms with E-state index in [1.54, 1.807) is 6.08 Å². The van der Waals surface area contributed by atoms with E-state index in [9.17, 15) is 27.5 Å². The van der Waals surface area contributed by atoms with Gasteiger partial charge in [0.15, 0.2) is 11.3 Å². The first-order valence-corrected chi connectivity index (χ1v) is 8.55. The van der Waals surface area contributed by atoms with Gasteiger partial charge in [-0.2, -0.15) is 13.2 Å². The van der Waals surface area contributed by atoms with Gasteiger partial charge in [0.2, 0.25) is 0 Å². The average Bonchev–Trinajstić information content (AvgIpc) is 3.37. The van der Waals surface area contributed by atoms with Gasteiger partial charge >= 0.3 is 12.1 Å². The van der Waals surface area contributed by atoms with Crippen LogP contribution in [0.15, 0.2) is 42.6 Å². The van der Waals surface area contributed by atoms with Gasteiger partial charge in [-0.25, -0.2) is 14.2 Å². The van der Waals surface area contributed by atoms with Gasteiger partial charge in [-0.3, -0.25) is 4.40 Å². The van der Waals surface area contributed by atoms with Crippen LogP contribution in [0.1, 0.15) is 34.6 Å². The summed E-state index contributed by atoms with van der Waals surface area (Å²) in [6.45, 7) is 0. The Hall–Kier alpha value is -3.16. The summed E-state index contributed by atoms with van der Waals surface area (Å²) in [6, 6.07) is 6.05. The molecule has 0 spiro atoms. The summed E-state index contributed by atoms with van der Waals surface area (Å²) in [7, 11) is 0. The van der Waals surface area contributed by atoms with Crippen molar-refractivity contribution in [3.8, 4) is 11.1 Å². The van der Waals surface area contributed by atoms with Gasteiger partial charge in [0, 0.05) is 6.20 Å². The molecular weight excluding hydrogens is 376 g/mol. The molecule has 3 aromatic rings. The molecule has 144 valence electrons. The molecule has 8 heteroatoms. The number of aromatic nitrogens is 2. The number of pyridine rings is 1. The highest BCUT2D eigenvalue weighted by molar-refractivity contribution is 5.91. The van der Waals surface area contributed by atoms with Crippen LogP contribution in [0.2, 0.25) is 0 Å². The number of halogens is 4. The third-order valence-corrected chi connectivity index (χ3v) is 4.57. The quantitative estimate of drug-likeness (QED) is 0.617. The molecule has 0 unspecified atom stereocenters. The van der Waals surface area contributed by atoms with E-state index in [0.717, 1.165) is 29.4 Å². The summed E-state index contributed by atoms with van der Waals surface area (Å²) in [6.07, 6.45) is 1.78. The number of benzene rings is 1.